The van der Waals surface area contributed by atoms with E-state index in [-0.39, 0.29) is 6.61 Å². The standard InChI is InChI=1S/C10H12N4O2/c1-15-10-5-3-2-4-9(10)14-6-8(7-16-11)12-13-14/h2-6H,7,11H2,1H3. The van der Waals surface area contributed by atoms with Crippen LogP contribution in [0.15, 0.2) is 30.5 Å². The molecule has 6 heteroatoms. The molecular formula is C10H12N4O2. The lowest BCUT2D eigenvalue weighted by Gasteiger charge is -2.06. The van der Waals surface area contributed by atoms with E-state index in [0.717, 1.165) is 11.4 Å². The average Bonchev–Trinajstić information content (AvgIpc) is 2.78. The molecule has 0 saturated heterocycles. The maximum Gasteiger partial charge on any atom is 0.144 e. The van der Waals surface area contributed by atoms with Crippen molar-refractivity contribution in [1.29, 1.82) is 0 Å². The van der Waals surface area contributed by atoms with E-state index in [4.69, 9.17) is 10.6 Å². The topological polar surface area (TPSA) is 75.2 Å². The van der Waals surface area contributed by atoms with E-state index in [0.29, 0.717) is 5.69 Å². The molecule has 0 atom stereocenters. The minimum atomic E-state index is 0.231. The minimum Gasteiger partial charge on any atom is -0.494 e. The number of aromatic nitrogens is 3. The summed E-state index contributed by atoms with van der Waals surface area (Å²) >= 11 is 0. The molecule has 0 amide bonds. The van der Waals surface area contributed by atoms with Crippen LogP contribution in [0.2, 0.25) is 0 Å². The Hall–Kier alpha value is -1.92. The fraction of sp³-hybridized carbons (Fsp3) is 0.200. The van der Waals surface area contributed by atoms with Crippen molar-refractivity contribution >= 4 is 0 Å². The second-order valence-electron chi connectivity index (χ2n) is 3.14. The van der Waals surface area contributed by atoms with Gasteiger partial charge < -0.3 is 4.74 Å². The molecule has 16 heavy (non-hydrogen) atoms. The van der Waals surface area contributed by atoms with E-state index >= 15 is 0 Å². The minimum absolute atomic E-state index is 0.231. The molecule has 0 bridgehead atoms. The Morgan fingerprint density at radius 1 is 1.38 bits per heavy atom. The first-order valence-corrected chi connectivity index (χ1v) is 4.71. The summed E-state index contributed by atoms with van der Waals surface area (Å²) in [5, 5.41) is 7.87. The molecule has 0 radical (unpaired) electrons. The van der Waals surface area contributed by atoms with Gasteiger partial charge in [0.25, 0.3) is 0 Å². The molecule has 0 unspecified atom stereocenters. The van der Waals surface area contributed by atoms with Crippen LogP contribution in [-0.2, 0) is 11.4 Å². The summed E-state index contributed by atoms with van der Waals surface area (Å²) in [4.78, 5) is 4.49. The van der Waals surface area contributed by atoms with E-state index in [1.807, 2.05) is 24.3 Å². The van der Waals surface area contributed by atoms with Crippen LogP contribution in [0.25, 0.3) is 5.69 Å². The van der Waals surface area contributed by atoms with Crippen molar-refractivity contribution in [2.45, 2.75) is 6.61 Å². The summed E-state index contributed by atoms with van der Waals surface area (Å²) in [6, 6.07) is 7.54. The molecule has 0 fully saturated rings. The number of rotatable bonds is 4. The van der Waals surface area contributed by atoms with Gasteiger partial charge in [-0.2, -0.15) is 0 Å². The molecule has 0 saturated carbocycles. The van der Waals surface area contributed by atoms with Crippen molar-refractivity contribution in [3.05, 3.63) is 36.2 Å². The smallest absolute Gasteiger partial charge is 0.144 e. The third-order valence-electron chi connectivity index (χ3n) is 2.10. The largest absolute Gasteiger partial charge is 0.494 e. The van der Waals surface area contributed by atoms with Gasteiger partial charge in [0, 0.05) is 0 Å². The number of benzene rings is 1. The van der Waals surface area contributed by atoms with E-state index < -0.39 is 0 Å². The number of nitrogens with zero attached hydrogens (tertiary/aromatic N) is 3. The maximum absolute atomic E-state index is 5.22. The highest BCUT2D eigenvalue weighted by atomic mass is 16.6. The van der Waals surface area contributed by atoms with Crippen LogP contribution in [0.4, 0.5) is 0 Å². The maximum atomic E-state index is 5.22. The van der Waals surface area contributed by atoms with Gasteiger partial charge in [-0.3, -0.25) is 4.84 Å². The Bertz CT molecular complexity index is 469. The molecule has 0 spiro atoms. The molecule has 1 heterocycles. The number of methoxy groups -OCH3 is 1. The molecule has 1 aromatic heterocycles. The Balaban J connectivity index is 2.34. The van der Waals surface area contributed by atoms with Crippen molar-refractivity contribution in [3.63, 3.8) is 0 Å². The number of hydrogen-bond acceptors (Lipinski definition) is 5. The Kier molecular flexibility index (Phi) is 3.13. The summed E-state index contributed by atoms with van der Waals surface area (Å²) in [6.07, 6.45) is 1.74. The lowest BCUT2D eigenvalue weighted by Crippen LogP contribution is -1.99. The molecule has 2 aromatic rings. The predicted molar refractivity (Wildman–Crippen MR) is 56.9 cm³/mol. The molecule has 2 N–H and O–H groups in total. The van der Waals surface area contributed by atoms with Gasteiger partial charge in [0.05, 0.1) is 13.3 Å². The first-order valence-electron chi connectivity index (χ1n) is 4.71. The average molecular weight is 220 g/mol. The Morgan fingerprint density at radius 3 is 2.94 bits per heavy atom. The first-order chi connectivity index (χ1) is 7.85. The summed E-state index contributed by atoms with van der Waals surface area (Å²) in [7, 11) is 1.61. The molecule has 6 nitrogen and oxygen atoms in total. The van der Waals surface area contributed by atoms with Crippen molar-refractivity contribution in [1.82, 2.24) is 15.0 Å². The van der Waals surface area contributed by atoms with E-state index in [1.165, 1.54) is 0 Å². The van der Waals surface area contributed by atoms with Crippen molar-refractivity contribution in [2.24, 2.45) is 5.90 Å². The highest BCUT2D eigenvalue weighted by Crippen LogP contribution is 2.20. The third-order valence-corrected chi connectivity index (χ3v) is 2.10. The fourth-order valence-corrected chi connectivity index (χ4v) is 1.39. The Labute approximate surface area is 92.5 Å². The number of hydrogen-bond donors (Lipinski definition) is 1. The zero-order valence-electron chi connectivity index (χ0n) is 8.83. The number of nitrogens with two attached hydrogens (primary N) is 1. The summed E-state index contributed by atoms with van der Waals surface area (Å²) in [6.45, 7) is 0.231. The molecule has 84 valence electrons. The van der Waals surface area contributed by atoms with Crippen molar-refractivity contribution in [2.75, 3.05) is 7.11 Å². The van der Waals surface area contributed by atoms with Gasteiger partial charge in [-0.25, -0.2) is 10.6 Å². The van der Waals surface area contributed by atoms with Crippen LogP contribution in [-0.4, -0.2) is 22.1 Å². The molecular weight excluding hydrogens is 208 g/mol. The highest BCUT2D eigenvalue weighted by molar-refractivity contribution is 5.45. The van der Waals surface area contributed by atoms with Gasteiger partial charge in [0.2, 0.25) is 0 Å². The monoisotopic (exact) mass is 220 g/mol. The van der Waals surface area contributed by atoms with Crippen LogP contribution in [0.5, 0.6) is 5.75 Å². The van der Waals surface area contributed by atoms with E-state index in [2.05, 4.69) is 15.1 Å². The number of ether oxygens (including phenoxy) is 1. The van der Waals surface area contributed by atoms with E-state index in [9.17, 15) is 0 Å². The normalized spacial score (nSPS) is 10.4. The van der Waals surface area contributed by atoms with Gasteiger partial charge in [-0.15, -0.1) is 5.10 Å². The third kappa shape index (κ3) is 2.02. The second-order valence-corrected chi connectivity index (χ2v) is 3.14. The summed E-state index contributed by atoms with van der Waals surface area (Å²) in [5.74, 6) is 5.69. The van der Waals surface area contributed by atoms with Crippen LogP contribution >= 0.6 is 0 Å². The second kappa shape index (κ2) is 4.73. The van der Waals surface area contributed by atoms with E-state index in [1.54, 1.807) is 18.0 Å². The van der Waals surface area contributed by atoms with Crippen molar-refractivity contribution < 1.29 is 9.57 Å². The summed E-state index contributed by atoms with van der Waals surface area (Å²) in [5.41, 5.74) is 1.48. The first kappa shape index (κ1) is 10.6. The fourth-order valence-electron chi connectivity index (χ4n) is 1.39. The Morgan fingerprint density at radius 2 is 2.19 bits per heavy atom. The van der Waals surface area contributed by atoms with Gasteiger partial charge in [0.1, 0.15) is 23.7 Å². The highest BCUT2D eigenvalue weighted by Gasteiger charge is 2.07. The summed E-state index contributed by atoms with van der Waals surface area (Å²) < 4.78 is 6.84. The van der Waals surface area contributed by atoms with Gasteiger partial charge in [0.15, 0.2) is 0 Å². The van der Waals surface area contributed by atoms with Crippen molar-refractivity contribution in [3.8, 4) is 11.4 Å². The molecule has 2 rings (SSSR count). The number of para-hydroxylation sites is 2. The quantitative estimate of drug-likeness (QED) is 0.766. The van der Waals surface area contributed by atoms with Gasteiger partial charge >= 0.3 is 0 Å². The van der Waals surface area contributed by atoms with Gasteiger partial charge in [-0.05, 0) is 12.1 Å². The zero-order chi connectivity index (χ0) is 11.4. The molecule has 0 aliphatic rings. The van der Waals surface area contributed by atoms with Gasteiger partial charge in [-0.1, -0.05) is 17.3 Å². The van der Waals surface area contributed by atoms with Crippen LogP contribution in [0.3, 0.4) is 0 Å². The van der Waals surface area contributed by atoms with Crippen LogP contribution in [0.1, 0.15) is 5.69 Å². The predicted octanol–water partition coefficient (Wildman–Crippen LogP) is 0.666. The molecule has 1 aromatic carbocycles. The lowest BCUT2D eigenvalue weighted by atomic mass is 10.3. The zero-order valence-corrected chi connectivity index (χ0v) is 8.83. The van der Waals surface area contributed by atoms with Crippen LogP contribution in [0, 0.1) is 0 Å². The molecule has 0 aliphatic heterocycles. The molecule has 0 aliphatic carbocycles. The lowest BCUT2D eigenvalue weighted by molar-refractivity contribution is 0.121. The van der Waals surface area contributed by atoms with Crippen LogP contribution < -0.4 is 10.6 Å². The SMILES string of the molecule is COc1ccccc1-n1cc(CON)nn1.